The number of para-hydroxylation sites is 1. The van der Waals surface area contributed by atoms with Crippen LogP contribution in [-0.4, -0.2) is 38.0 Å². The van der Waals surface area contributed by atoms with E-state index in [1.807, 2.05) is 62.4 Å². The third-order valence-electron chi connectivity index (χ3n) is 6.13. The largest absolute Gasteiger partial charge is 0.493 e. The Kier molecular flexibility index (Phi) is 8.38. The van der Waals surface area contributed by atoms with Crippen molar-refractivity contribution in [2.24, 2.45) is 5.92 Å². The summed E-state index contributed by atoms with van der Waals surface area (Å²) >= 11 is 6.41. The van der Waals surface area contributed by atoms with Crippen molar-refractivity contribution in [1.82, 2.24) is 5.43 Å². The SMILES string of the molecule is COc1cc(NNC(=O)[C@@H]2CC(=O)N(c3ccccc3)C2)cc(Cl)c1OCC(=O)Nc1ccc(C)cc1C. The van der Waals surface area contributed by atoms with Crippen LogP contribution in [0.4, 0.5) is 17.1 Å². The first-order valence-electron chi connectivity index (χ1n) is 12.0. The molecule has 1 saturated heterocycles. The molecule has 198 valence electrons. The number of ether oxygens (including phenoxy) is 2. The number of nitrogens with zero attached hydrogens (tertiary/aromatic N) is 1. The summed E-state index contributed by atoms with van der Waals surface area (Å²) in [5.74, 6) is -0.813. The van der Waals surface area contributed by atoms with E-state index >= 15 is 0 Å². The normalized spacial score (nSPS) is 14.7. The van der Waals surface area contributed by atoms with Gasteiger partial charge in [-0.2, -0.15) is 0 Å². The Morgan fingerprint density at radius 2 is 1.84 bits per heavy atom. The number of hydrogen-bond donors (Lipinski definition) is 3. The molecule has 1 aliphatic rings. The Labute approximate surface area is 226 Å². The zero-order valence-corrected chi connectivity index (χ0v) is 22.1. The third kappa shape index (κ3) is 6.36. The molecule has 38 heavy (non-hydrogen) atoms. The Hall–Kier alpha value is -4.24. The zero-order chi connectivity index (χ0) is 27.2. The van der Waals surface area contributed by atoms with E-state index in [-0.39, 0.29) is 53.8 Å². The van der Waals surface area contributed by atoms with E-state index in [0.717, 1.165) is 16.8 Å². The van der Waals surface area contributed by atoms with E-state index in [2.05, 4.69) is 16.2 Å². The highest BCUT2D eigenvalue weighted by molar-refractivity contribution is 6.32. The van der Waals surface area contributed by atoms with Crippen molar-refractivity contribution >= 4 is 46.4 Å². The topological polar surface area (TPSA) is 109 Å². The van der Waals surface area contributed by atoms with E-state index in [9.17, 15) is 14.4 Å². The van der Waals surface area contributed by atoms with Crippen LogP contribution < -0.4 is 30.5 Å². The Bertz CT molecular complexity index is 1350. The number of aryl methyl sites for hydroxylation is 2. The predicted molar refractivity (Wildman–Crippen MR) is 147 cm³/mol. The maximum Gasteiger partial charge on any atom is 0.262 e. The molecule has 0 saturated carbocycles. The second-order valence-corrected chi connectivity index (χ2v) is 9.41. The summed E-state index contributed by atoms with van der Waals surface area (Å²) in [6.07, 6.45) is 0.115. The Morgan fingerprint density at radius 3 is 2.55 bits per heavy atom. The highest BCUT2D eigenvalue weighted by atomic mass is 35.5. The van der Waals surface area contributed by atoms with Crippen molar-refractivity contribution in [3.8, 4) is 11.5 Å². The molecule has 0 spiro atoms. The lowest BCUT2D eigenvalue weighted by Gasteiger charge is -2.18. The number of anilines is 3. The van der Waals surface area contributed by atoms with Crippen molar-refractivity contribution in [2.45, 2.75) is 20.3 Å². The molecule has 4 rings (SSSR count). The maximum atomic E-state index is 12.7. The number of benzene rings is 3. The van der Waals surface area contributed by atoms with E-state index < -0.39 is 5.92 Å². The zero-order valence-electron chi connectivity index (χ0n) is 21.3. The number of nitrogens with one attached hydrogen (secondary N) is 3. The molecule has 0 radical (unpaired) electrons. The number of methoxy groups -OCH3 is 1. The number of hydrogen-bond acceptors (Lipinski definition) is 6. The lowest BCUT2D eigenvalue weighted by atomic mass is 10.1. The van der Waals surface area contributed by atoms with Crippen molar-refractivity contribution in [1.29, 1.82) is 0 Å². The number of amides is 3. The van der Waals surface area contributed by atoms with Gasteiger partial charge >= 0.3 is 0 Å². The molecule has 9 nitrogen and oxygen atoms in total. The molecule has 3 amide bonds. The summed E-state index contributed by atoms with van der Waals surface area (Å²) in [4.78, 5) is 39.2. The molecule has 0 aliphatic carbocycles. The van der Waals surface area contributed by atoms with Gasteiger partial charge in [0.1, 0.15) is 0 Å². The van der Waals surface area contributed by atoms with E-state index in [1.54, 1.807) is 11.0 Å². The van der Waals surface area contributed by atoms with Crippen LogP contribution in [0.5, 0.6) is 11.5 Å². The fraction of sp³-hybridized carbons (Fsp3) is 0.250. The number of carbonyl (C=O) groups excluding carboxylic acids is 3. The molecule has 1 heterocycles. The lowest BCUT2D eigenvalue weighted by Crippen LogP contribution is -2.36. The molecule has 3 N–H and O–H groups in total. The molecule has 1 fully saturated rings. The van der Waals surface area contributed by atoms with Crippen molar-refractivity contribution in [2.75, 3.05) is 35.9 Å². The summed E-state index contributed by atoms with van der Waals surface area (Å²) < 4.78 is 11.0. The molecular formula is C28H29ClN4O5. The quantitative estimate of drug-likeness (QED) is 0.348. The number of carbonyl (C=O) groups is 3. The van der Waals surface area contributed by atoms with Crippen LogP contribution in [0.1, 0.15) is 17.5 Å². The first-order valence-corrected chi connectivity index (χ1v) is 12.4. The average molecular weight is 537 g/mol. The van der Waals surface area contributed by atoms with Gasteiger partial charge in [-0.15, -0.1) is 0 Å². The predicted octanol–water partition coefficient (Wildman–Crippen LogP) is 4.48. The van der Waals surface area contributed by atoms with Gasteiger partial charge in [-0.25, -0.2) is 0 Å². The average Bonchev–Trinajstić information content (AvgIpc) is 3.30. The molecule has 3 aromatic rings. The van der Waals surface area contributed by atoms with Gasteiger partial charge in [-0.3, -0.25) is 25.2 Å². The van der Waals surface area contributed by atoms with Crippen LogP contribution in [0, 0.1) is 19.8 Å². The summed E-state index contributed by atoms with van der Waals surface area (Å²) in [5, 5.41) is 3.00. The smallest absolute Gasteiger partial charge is 0.262 e. The summed E-state index contributed by atoms with van der Waals surface area (Å²) in [7, 11) is 1.44. The monoisotopic (exact) mass is 536 g/mol. The van der Waals surface area contributed by atoms with Gasteiger partial charge in [-0.05, 0) is 43.7 Å². The van der Waals surface area contributed by atoms with Crippen molar-refractivity contribution < 1.29 is 23.9 Å². The van der Waals surface area contributed by atoms with Gasteiger partial charge < -0.3 is 19.7 Å². The summed E-state index contributed by atoms with van der Waals surface area (Å²) in [5.41, 5.74) is 9.39. The van der Waals surface area contributed by atoms with Gasteiger partial charge in [0.15, 0.2) is 18.1 Å². The molecule has 1 aliphatic heterocycles. The fourth-order valence-corrected chi connectivity index (χ4v) is 4.45. The molecular weight excluding hydrogens is 508 g/mol. The third-order valence-corrected chi connectivity index (χ3v) is 6.41. The Morgan fingerprint density at radius 1 is 1.08 bits per heavy atom. The summed E-state index contributed by atoms with van der Waals surface area (Å²) in [6, 6.07) is 18.1. The highest BCUT2D eigenvalue weighted by Crippen LogP contribution is 2.38. The second-order valence-electron chi connectivity index (χ2n) is 9.00. The van der Waals surface area contributed by atoms with Crippen LogP contribution in [0.3, 0.4) is 0 Å². The summed E-state index contributed by atoms with van der Waals surface area (Å²) in [6.45, 7) is 3.91. The molecule has 1 atom stereocenters. The number of halogens is 1. The molecule has 3 aromatic carbocycles. The molecule has 0 unspecified atom stereocenters. The molecule has 0 aromatic heterocycles. The van der Waals surface area contributed by atoms with Gasteiger partial charge in [0, 0.05) is 30.4 Å². The minimum atomic E-state index is -0.508. The van der Waals surface area contributed by atoms with Crippen molar-refractivity contribution in [3.63, 3.8) is 0 Å². The minimum absolute atomic E-state index is 0.107. The van der Waals surface area contributed by atoms with E-state index in [4.69, 9.17) is 21.1 Å². The molecule has 10 heteroatoms. The lowest BCUT2D eigenvalue weighted by molar-refractivity contribution is -0.125. The molecule has 0 bridgehead atoms. The van der Waals surface area contributed by atoms with Crippen LogP contribution >= 0.6 is 11.6 Å². The van der Waals surface area contributed by atoms with Crippen LogP contribution in [0.15, 0.2) is 60.7 Å². The van der Waals surface area contributed by atoms with Crippen LogP contribution in [0.25, 0.3) is 0 Å². The minimum Gasteiger partial charge on any atom is -0.493 e. The van der Waals surface area contributed by atoms with Gasteiger partial charge in [0.05, 0.1) is 23.7 Å². The number of rotatable bonds is 9. The first-order chi connectivity index (χ1) is 18.2. The van der Waals surface area contributed by atoms with Crippen LogP contribution in [0.2, 0.25) is 5.02 Å². The fourth-order valence-electron chi connectivity index (χ4n) is 4.19. The van der Waals surface area contributed by atoms with Gasteiger partial charge in [0.25, 0.3) is 5.91 Å². The second kappa shape index (κ2) is 11.9. The maximum absolute atomic E-state index is 12.7. The van der Waals surface area contributed by atoms with E-state index in [0.29, 0.717) is 11.4 Å². The van der Waals surface area contributed by atoms with E-state index in [1.165, 1.54) is 13.2 Å². The van der Waals surface area contributed by atoms with Gasteiger partial charge in [-0.1, -0.05) is 47.5 Å². The number of hydrazine groups is 1. The Balaban J connectivity index is 1.34. The van der Waals surface area contributed by atoms with Gasteiger partial charge in [0.2, 0.25) is 11.8 Å². The first kappa shape index (κ1) is 26.8. The van der Waals surface area contributed by atoms with Crippen molar-refractivity contribution in [3.05, 3.63) is 76.8 Å². The highest BCUT2D eigenvalue weighted by Gasteiger charge is 2.35. The van der Waals surface area contributed by atoms with Crippen LogP contribution in [-0.2, 0) is 14.4 Å². The standard InChI is InChI=1S/C28H29ClN4O5/c1-17-9-10-23(18(2)11-17)30-25(34)16-38-27-22(29)13-20(14-24(27)37-3)31-32-28(36)19-12-26(35)33(15-19)21-7-5-4-6-8-21/h4-11,13-14,19,31H,12,15-16H2,1-3H3,(H,30,34)(H,32,36)/t19-/m1/s1.